The molecule has 0 fully saturated rings. The first-order valence-electron chi connectivity index (χ1n) is 6.23. The van der Waals surface area contributed by atoms with E-state index in [1.54, 1.807) is 0 Å². The number of hydrogen-bond acceptors (Lipinski definition) is 3. The quantitative estimate of drug-likeness (QED) is 0.245. The van der Waals surface area contributed by atoms with Crippen LogP contribution in [0.2, 0.25) is 0 Å². The average molecular weight is 249 g/mol. The van der Waals surface area contributed by atoms with E-state index in [2.05, 4.69) is 27.6 Å². The van der Waals surface area contributed by atoms with Crippen molar-refractivity contribution in [1.29, 1.82) is 0 Å². The maximum Gasteiger partial charge on any atom is 0.210 e. The molecule has 0 atom stereocenters. The number of rotatable bonds is 5. The van der Waals surface area contributed by atoms with Gasteiger partial charge in [-0.1, -0.05) is 13.3 Å². The Morgan fingerprint density at radius 1 is 1.28 bits per heavy atom. The summed E-state index contributed by atoms with van der Waals surface area (Å²) in [6.45, 7) is 2.91. The summed E-state index contributed by atoms with van der Waals surface area (Å²) in [5.74, 6) is 6.03. The number of benzene rings is 1. The number of anilines is 2. The molecule has 1 aromatic carbocycles. The SMILES string of the molecule is CCCCN=C(NN)Nc1ccc(N(C)C)cc1. The van der Waals surface area contributed by atoms with Crippen molar-refractivity contribution >= 4 is 17.3 Å². The standard InChI is InChI=1S/C13H23N5/c1-4-5-10-15-13(17-14)16-11-6-8-12(9-7-11)18(2)3/h6-9H,4-5,10,14H2,1-3H3,(H2,15,16,17). The van der Waals surface area contributed by atoms with Crippen molar-refractivity contribution in [3.8, 4) is 0 Å². The van der Waals surface area contributed by atoms with Gasteiger partial charge in [-0.2, -0.15) is 0 Å². The molecule has 0 aromatic heterocycles. The zero-order valence-electron chi connectivity index (χ0n) is 11.4. The topological polar surface area (TPSA) is 65.7 Å². The van der Waals surface area contributed by atoms with Crippen LogP contribution in [0.5, 0.6) is 0 Å². The van der Waals surface area contributed by atoms with E-state index in [1.165, 1.54) is 0 Å². The van der Waals surface area contributed by atoms with Crippen LogP contribution in [0.3, 0.4) is 0 Å². The fourth-order valence-corrected chi connectivity index (χ4v) is 1.45. The molecular formula is C13H23N5. The first-order chi connectivity index (χ1) is 8.67. The number of unbranched alkanes of at least 4 members (excludes halogenated alkanes) is 1. The summed E-state index contributed by atoms with van der Waals surface area (Å²) in [6, 6.07) is 8.09. The van der Waals surface area contributed by atoms with Gasteiger partial charge in [-0.15, -0.1) is 0 Å². The minimum Gasteiger partial charge on any atom is -0.378 e. The lowest BCUT2D eigenvalue weighted by Gasteiger charge is -2.14. The van der Waals surface area contributed by atoms with E-state index in [9.17, 15) is 0 Å². The van der Waals surface area contributed by atoms with Crippen LogP contribution >= 0.6 is 0 Å². The number of nitrogens with one attached hydrogen (secondary N) is 2. The molecule has 0 aliphatic heterocycles. The predicted molar refractivity (Wildman–Crippen MR) is 78.9 cm³/mol. The van der Waals surface area contributed by atoms with Gasteiger partial charge in [-0.25, -0.2) is 5.84 Å². The van der Waals surface area contributed by atoms with Gasteiger partial charge in [0.1, 0.15) is 0 Å². The molecule has 100 valence electrons. The third-order valence-corrected chi connectivity index (χ3v) is 2.56. The Morgan fingerprint density at radius 2 is 1.94 bits per heavy atom. The molecule has 5 nitrogen and oxygen atoms in total. The lowest BCUT2D eigenvalue weighted by atomic mass is 10.2. The van der Waals surface area contributed by atoms with Crippen LogP contribution in [0.25, 0.3) is 0 Å². The van der Waals surface area contributed by atoms with Crippen LogP contribution < -0.4 is 21.5 Å². The Morgan fingerprint density at radius 3 is 2.44 bits per heavy atom. The van der Waals surface area contributed by atoms with E-state index in [-0.39, 0.29) is 0 Å². The maximum absolute atomic E-state index is 5.43. The average Bonchev–Trinajstić information content (AvgIpc) is 2.38. The highest BCUT2D eigenvalue weighted by molar-refractivity contribution is 5.93. The number of guanidine groups is 1. The van der Waals surface area contributed by atoms with Crippen LogP contribution in [0.4, 0.5) is 11.4 Å². The van der Waals surface area contributed by atoms with Gasteiger partial charge >= 0.3 is 0 Å². The summed E-state index contributed by atoms with van der Waals surface area (Å²) in [7, 11) is 4.03. The van der Waals surface area contributed by atoms with E-state index in [4.69, 9.17) is 5.84 Å². The lowest BCUT2D eigenvalue weighted by molar-refractivity contribution is 0.801. The number of nitrogens with zero attached hydrogens (tertiary/aromatic N) is 2. The second-order valence-corrected chi connectivity index (χ2v) is 4.29. The first kappa shape index (κ1) is 14.3. The van der Waals surface area contributed by atoms with Crippen molar-refractivity contribution in [1.82, 2.24) is 5.43 Å². The van der Waals surface area contributed by atoms with Crippen molar-refractivity contribution in [3.63, 3.8) is 0 Å². The van der Waals surface area contributed by atoms with Gasteiger partial charge in [-0.3, -0.25) is 10.4 Å². The van der Waals surface area contributed by atoms with Gasteiger partial charge in [0.05, 0.1) is 0 Å². The van der Waals surface area contributed by atoms with E-state index in [0.29, 0.717) is 5.96 Å². The monoisotopic (exact) mass is 249 g/mol. The van der Waals surface area contributed by atoms with Crippen molar-refractivity contribution in [2.24, 2.45) is 10.8 Å². The molecule has 18 heavy (non-hydrogen) atoms. The Kier molecular flexibility index (Phi) is 6.00. The Bertz CT molecular complexity index is 369. The highest BCUT2D eigenvalue weighted by Crippen LogP contribution is 2.15. The fraction of sp³-hybridized carbons (Fsp3) is 0.462. The molecular weight excluding hydrogens is 226 g/mol. The minimum atomic E-state index is 0.598. The molecule has 0 amide bonds. The molecule has 1 aromatic rings. The Balaban J connectivity index is 2.61. The number of hydrazine groups is 1. The van der Waals surface area contributed by atoms with Crippen LogP contribution in [0.15, 0.2) is 29.3 Å². The Labute approximate surface area is 109 Å². The molecule has 0 saturated heterocycles. The van der Waals surface area contributed by atoms with Crippen LogP contribution in [0, 0.1) is 0 Å². The van der Waals surface area contributed by atoms with Gasteiger partial charge in [-0.05, 0) is 30.7 Å². The van der Waals surface area contributed by atoms with E-state index in [0.717, 1.165) is 30.8 Å². The smallest absolute Gasteiger partial charge is 0.210 e. The van der Waals surface area contributed by atoms with Crippen molar-refractivity contribution in [2.45, 2.75) is 19.8 Å². The molecule has 0 heterocycles. The zero-order valence-corrected chi connectivity index (χ0v) is 11.4. The summed E-state index contributed by atoms with van der Waals surface area (Å²) < 4.78 is 0. The summed E-state index contributed by atoms with van der Waals surface area (Å²) >= 11 is 0. The van der Waals surface area contributed by atoms with E-state index >= 15 is 0 Å². The van der Waals surface area contributed by atoms with Gasteiger partial charge in [0.2, 0.25) is 5.96 Å². The number of nitrogens with two attached hydrogens (primary N) is 1. The third-order valence-electron chi connectivity index (χ3n) is 2.56. The third kappa shape index (κ3) is 4.63. The Hall–Kier alpha value is -1.75. The molecule has 4 N–H and O–H groups in total. The minimum absolute atomic E-state index is 0.598. The van der Waals surface area contributed by atoms with Crippen molar-refractivity contribution < 1.29 is 0 Å². The van der Waals surface area contributed by atoms with Crippen LogP contribution in [0.1, 0.15) is 19.8 Å². The van der Waals surface area contributed by atoms with E-state index in [1.807, 2.05) is 38.4 Å². The summed E-state index contributed by atoms with van der Waals surface area (Å²) in [6.07, 6.45) is 2.19. The molecule has 0 aliphatic rings. The predicted octanol–water partition coefficient (Wildman–Crippen LogP) is 1.78. The zero-order chi connectivity index (χ0) is 13.4. The molecule has 1 rings (SSSR count). The molecule has 0 spiro atoms. The summed E-state index contributed by atoms with van der Waals surface area (Å²) in [5.41, 5.74) is 4.70. The highest BCUT2D eigenvalue weighted by Gasteiger charge is 1.99. The molecule has 0 bridgehead atoms. The normalized spacial score (nSPS) is 11.2. The summed E-state index contributed by atoms with van der Waals surface area (Å²) in [4.78, 5) is 6.40. The molecule has 0 aliphatic carbocycles. The first-order valence-corrected chi connectivity index (χ1v) is 6.23. The number of hydrogen-bond donors (Lipinski definition) is 3. The second-order valence-electron chi connectivity index (χ2n) is 4.29. The van der Waals surface area contributed by atoms with E-state index < -0.39 is 0 Å². The molecule has 5 heteroatoms. The molecule has 0 unspecified atom stereocenters. The van der Waals surface area contributed by atoms with Gasteiger partial charge in [0.25, 0.3) is 0 Å². The maximum atomic E-state index is 5.43. The van der Waals surface area contributed by atoms with Gasteiger partial charge in [0.15, 0.2) is 0 Å². The summed E-state index contributed by atoms with van der Waals surface area (Å²) in [5, 5.41) is 3.15. The van der Waals surface area contributed by atoms with Crippen LogP contribution in [-0.2, 0) is 0 Å². The molecule has 0 saturated carbocycles. The lowest BCUT2D eigenvalue weighted by Crippen LogP contribution is -2.36. The van der Waals surface area contributed by atoms with Crippen molar-refractivity contribution in [2.75, 3.05) is 30.9 Å². The molecule has 0 radical (unpaired) electrons. The van der Waals surface area contributed by atoms with Crippen LogP contribution in [-0.4, -0.2) is 26.6 Å². The second kappa shape index (κ2) is 7.55. The highest BCUT2D eigenvalue weighted by atomic mass is 15.3. The number of aliphatic imine (C=N–C) groups is 1. The largest absolute Gasteiger partial charge is 0.378 e. The van der Waals surface area contributed by atoms with Gasteiger partial charge < -0.3 is 10.2 Å². The fourth-order valence-electron chi connectivity index (χ4n) is 1.45. The van der Waals surface area contributed by atoms with Crippen molar-refractivity contribution in [3.05, 3.63) is 24.3 Å². The van der Waals surface area contributed by atoms with Gasteiger partial charge in [0, 0.05) is 32.0 Å².